The van der Waals surface area contributed by atoms with Gasteiger partial charge in [0, 0.05) is 28.9 Å². The minimum atomic E-state index is -0.0300. The molecule has 3 heterocycles. The Bertz CT molecular complexity index is 758. The van der Waals surface area contributed by atoms with E-state index in [4.69, 9.17) is 0 Å². The quantitative estimate of drug-likeness (QED) is 0.770. The van der Waals surface area contributed by atoms with Crippen molar-refractivity contribution in [3.63, 3.8) is 0 Å². The Morgan fingerprint density at radius 1 is 1.30 bits per heavy atom. The highest BCUT2D eigenvalue weighted by atomic mass is 32.1. The second-order valence-corrected chi connectivity index (χ2v) is 7.83. The maximum atomic E-state index is 12.7. The Morgan fingerprint density at radius 3 is 2.52 bits per heavy atom. The molecule has 1 amide bonds. The van der Waals surface area contributed by atoms with Gasteiger partial charge in [-0.1, -0.05) is 12.1 Å². The maximum Gasteiger partial charge on any atom is 0.224 e. The zero-order valence-corrected chi connectivity index (χ0v) is 14.3. The SMILES string of the molecule is Cn1cc([C@@H]2C[C@@H]2C(=O)NC(c2cccs2)c2cccs2)cn1. The molecule has 1 aliphatic carbocycles. The molecule has 0 radical (unpaired) electrons. The molecule has 0 unspecified atom stereocenters. The highest BCUT2D eigenvalue weighted by molar-refractivity contribution is 7.11. The molecule has 6 heteroatoms. The molecule has 23 heavy (non-hydrogen) atoms. The fraction of sp³-hybridized carbons (Fsp3) is 0.294. The summed E-state index contributed by atoms with van der Waals surface area (Å²) < 4.78 is 1.79. The van der Waals surface area contributed by atoms with Crippen LogP contribution in [0.3, 0.4) is 0 Å². The number of aromatic nitrogens is 2. The zero-order chi connectivity index (χ0) is 15.8. The van der Waals surface area contributed by atoms with Crippen LogP contribution in [0.4, 0.5) is 0 Å². The van der Waals surface area contributed by atoms with Gasteiger partial charge in [-0.25, -0.2) is 0 Å². The molecule has 2 atom stereocenters. The number of hydrogen-bond donors (Lipinski definition) is 1. The van der Waals surface area contributed by atoms with Gasteiger partial charge in [0.05, 0.1) is 12.2 Å². The third-order valence-electron chi connectivity index (χ3n) is 4.22. The van der Waals surface area contributed by atoms with Crippen molar-refractivity contribution in [2.75, 3.05) is 0 Å². The number of aryl methyl sites for hydroxylation is 1. The lowest BCUT2D eigenvalue weighted by molar-refractivity contribution is -0.122. The lowest BCUT2D eigenvalue weighted by atomic mass is 10.1. The number of amides is 1. The highest BCUT2D eigenvalue weighted by Crippen LogP contribution is 2.47. The summed E-state index contributed by atoms with van der Waals surface area (Å²) >= 11 is 3.36. The molecular weight excluding hydrogens is 326 g/mol. The normalized spacial score (nSPS) is 19.9. The first-order valence-corrected chi connectivity index (χ1v) is 9.34. The second-order valence-electron chi connectivity index (χ2n) is 5.87. The van der Waals surface area contributed by atoms with E-state index < -0.39 is 0 Å². The average molecular weight is 343 g/mol. The molecule has 0 aliphatic heterocycles. The Balaban J connectivity index is 1.49. The summed E-state index contributed by atoms with van der Waals surface area (Å²) in [5.74, 6) is 0.531. The van der Waals surface area contributed by atoms with Gasteiger partial charge in [-0.15, -0.1) is 22.7 Å². The van der Waals surface area contributed by atoms with Gasteiger partial charge in [-0.3, -0.25) is 9.48 Å². The molecule has 3 aromatic rings. The van der Waals surface area contributed by atoms with Crippen molar-refractivity contribution in [3.8, 4) is 0 Å². The maximum absolute atomic E-state index is 12.7. The number of rotatable bonds is 5. The minimum absolute atomic E-state index is 0.0300. The fourth-order valence-corrected chi connectivity index (χ4v) is 4.59. The van der Waals surface area contributed by atoms with Gasteiger partial charge in [0.25, 0.3) is 0 Å². The van der Waals surface area contributed by atoms with Gasteiger partial charge >= 0.3 is 0 Å². The lowest BCUT2D eigenvalue weighted by Crippen LogP contribution is -2.29. The predicted molar refractivity (Wildman–Crippen MR) is 92.7 cm³/mol. The first-order valence-electron chi connectivity index (χ1n) is 7.58. The van der Waals surface area contributed by atoms with Gasteiger partial charge < -0.3 is 5.32 Å². The topological polar surface area (TPSA) is 46.9 Å². The molecular formula is C17H17N3OS2. The fourth-order valence-electron chi connectivity index (χ4n) is 2.93. The molecule has 118 valence electrons. The van der Waals surface area contributed by atoms with Crippen LogP contribution in [0.1, 0.15) is 33.7 Å². The van der Waals surface area contributed by atoms with Crippen LogP contribution in [-0.2, 0) is 11.8 Å². The summed E-state index contributed by atoms with van der Waals surface area (Å²) in [6.07, 6.45) is 4.79. The van der Waals surface area contributed by atoms with Crippen LogP contribution < -0.4 is 5.32 Å². The van der Waals surface area contributed by atoms with E-state index in [1.807, 2.05) is 31.6 Å². The Morgan fingerprint density at radius 2 is 2.00 bits per heavy atom. The van der Waals surface area contributed by atoms with E-state index in [9.17, 15) is 4.79 Å². The zero-order valence-electron chi connectivity index (χ0n) is 12.7. The molecule has 4 rings (SSSR count). The number of nitrogens with one attached hydrogen (secondary N) is 1. The van der Waals surface area contributed by atoms with Gasteiger partial charge in [-0.2, -0.15) is 5.10 Å². The summed E-state index contributed by atoms with van der Waals surface area (Å²) in [6, 6.07) is 8.20. The van der Waals surface area contributed by atoms with Crippen LogP contribution in [0.15, 0.2) is 47.4 Å². The molecule has 1 fully saturated rings. The molecule has 1 aliphatic rings. The van der Waals surface area contributed by atoms with Crippen molar-refractivity contribution in [1.29, 1.82) is 0 Å². The Labute approximate surface area is 142 Å². The summed E-state index contributed by atoms with van der Waals surface area (Å²) in [4.78, 5) is 15.0. The van der Waals surface area contributed by atoms with E-state index in [-0.39, 0.29) is 17.9 Å². The van der Waals surface area contributed by atoms with E-state index in [1.54, 1.807) is 27.4 Å². The number of carbonyl (C=O) groups excluding carboxylic acids is 1. The van der Waals surface area contributed by atoms with Crippen molar-refractivity contribution in [3.05, 3.63) is 62.7 Å². The number of carbonyl (C=O) groups is 1. The summed E-state index contributed by atoms with van der Waals surface area (Å²) in [5, 5.41) is 11.6. The van der Waals surface area contributed by atoms with E-state index in [0.717, 1.165) is 12.0 Å². The van der Waals surface area contributed by atoms with E-state index in [1.165, 1.54) is 9.75 Å². The van der Waals surface area contributed by atoms with Crippen molar-refractivity contribution in [2.45, 2.75) is 18.4 Å². The monoisotopic (exact) mass is 343 g/mol. The van der Waals surface area contributed by atoms with Crippen LogP contribution in [0.5, 0.6) is 0 Å². The van der Waals surface area contributed by atoms with E-state index in [0.29, 0.717) is 5.92 Å². The van der Waals surface area contributed by atoms with Gasteiger partial charge in [-0.05, 0) is 40.8 Å². The second kappa shape index (κ2) is 5.94. The van der Waals surface area contributed by atoms with Crippen LogP contribution >= 0.6 is 22.7 Å². The molecule has 3 aromatic heterocycles. The number of thiophene rings is 2. The standard InChI is InChI=1S/C17H17N3OS2/c1-20-10-11(9-18-20)12-8-13(12)17(21)19-16(14-4-2-6-22-14)15-5-3-7-23-15/h2-7,9-10,12-13,16H,8H2,1H3,(H,19,21)/t12-,13-/m0/s1. The highest BCUT2D eigenvalue weighted by Gasteiger charge is 2.45. The molecule has 4 nitrogen and oxygen atoms in total. The van der Waals surface area contributed by atoms with Crippen LogP contribution in [0, 0.1) is 5.92 Å². The number of nitrogens with zero attached hydrogens (tertiary/aromatic N) is 2. The molecule has 0 saturated heterocycles. The molecule has 1 saturated carbocycles. The smallest absolute Gasteiger partial charge is 0.224 e. The van der Waals surface area contributed by atoms with Gasteiger partial charge in [0.15, 0.2) is 0 Å². The molecule has 0 aromatic carbocycles. The van der Waals surface area contributed by atoms with Crippen molar-refractivity contribution < 1.29 is 4.79 Å². The van der Waals surface area contributed by atoms with Crippen molar-refractivity contribution >= 4 is 28.6 Å². The van der Waals surface area contributed by atoms with Crippen molar-refractivity contribution in [1.82, 2.24) is 15.1 Å². The first-order chi connectivity index (χ1) is 11.2. The van der Waals surface area contributed by atoms with Crippen LogP contribution in [-0.4, -0.2) is 15.7 Å². The molecule has 0 spiro atoms. The Hall–Kier alpha value is -1.92. The average Bonchev–Trinajstić information content (AvgIpc) is 3.01. The third kappa shape index (κ3) is 2.96. The summed E-state index contributed by atoms with van der Waals surface area (Å²) in [7, 11) is 1.91. The number of hydrogen-bond acceptors (Lipinski definition) is 4. The van der Waals surface area contributed by atoms with Crippen LogP contribution in [0.25, 0.3) is 0 Å². The largest absolute Gasteiger partial charge is 0.343 e. The minimum Gasteiger partial charge on any atom is -0.343 e. The molecule has 1 N–H and O–H groups in total. The third-order valence-corrected chi connectivity index (χ3v) is 6.10. The first kappa shape index (κ1) is 14.7. The van der Waals surface area contributed by atoms with Crippen LogP contribution in [0.2, 0.25) is 0 Å². The van der Waals surface area contributed by atoms with Gasteiger partial charge in [0.2, 0.25) is 5.91 Å². The Kier molecular flexibility index (Phi) is 3.79. The summed E-state index contributed by atoms with van der Waals surface area (Å²) in [6.45, 7) is 0. The van der Waals surface area contributed by atoms with E-state index >= 15 is 0 Å². The lowest BCUT2D eigenvalue weighted by Gasteiger charge is -2.16. The van der Waals surface area contributed by atoms with E-state index in [2.05, 4.69) is 33.3 Å². The van der Waals surface area contributed by atoms with Crippen molar-refractivity contribution in [2.24, 2.45) is 13.0 Å². The molecule has 0 bridgehead atoms. The van der Waals surface area contributed by atoms with Gasteiger partial charge in [0.1, 0.15) is 0 Å². The predicted octanol–water partition coefficient (Wildman–Crippen LogP) is 3.55. The summed E-state index contributed by atoms with van der Waals surface area (Å²) in [5.41, 5.74) is 1.16.